The number of rotatable bonds is 3. The van der Waals surface area contributed by atoms with Gasteiger partial charge in [-0.3, -0.25) is 10.1 Å². The molecular formula is C18H19ClF2N4O2. The number of nitrogens with zero attached hydrogens (tertiary/aromatic N) is 3. The van der Waals surface area contributed by atoms with Crippen molar-refractivity contribution in [3.63, 3.8) is 0 Å². The molecule has 1 aliphatic rings. The Morgan fingerprint density at radius 3 is 2.67 bits per heavy atom. The van der Waals surface area contributed by atoms with Gasteiger partial charge >= 0.3 is 6.03 Å². The highest BCUT2D eigenvalue weighted by Gasteiger charge is 2.24. The highest BCUT2D eigenvalue weighted by Crippen LogP contribution is 2.28. The molecule has 2 amide bonds. The van der Waals surface area contributed by atoms with Crippen molar-refractivity contribution in [2.75, 3.05) is 18.4 Å². The van der Waals surface area contributed by atoms with Crippen LogP contribution in [0.4, 0.5) is 19.4 Å². The number of carbonyl (C=O) groups excluding carboxylic acids is 1. The molecule has 0 radical (unpaired) electrons. The molecule has 1 aliphatic heterocycles. The summed E-state index contributed by atoms with van der Waals surface area (Å²) in [6.45, 7) is 1.02. The van der Waals surface area contributed by atoms with Crippen LogP contribution in [0, 0.1) is 17.6 Å². The summed E-state index contributed by atoms with van der Waals surface area (Å²) in [6.07, 6.45) is 1.86. The number of anilines is 1. The molecule has 9 heteroatoms. The van der Waals surface area contributed by atoms with E-state index >= 15 is 0 Å². The van der Waals surface area contributed by atoms with Crippen molar-refractivity contribution in [3.8, 4) is 0 Å². The first kappa shape index (κ1) is 19.3. The SMILES string of the molecule is Cn1nc(NC(=O)N2CCC(Cc3cc(F)cc(F)c3Cl)CC2)ccc1=O. The Kier molecular flexibility index (Phi) is 5.74. The zero-order valence-electron chi connectivity index (χ0n) is 14.7. The molecule has 2 aromatic rings. The summed E-state index contributed by atoms with van der Waals surface area (Å²) in [6, 6.07) is 4.51. The average molecular weight is 397 g/mol. The van der Waals surface area contributed by atoms with Crippen molar-refractivity contribution in [2.24, 2.45) is 13.0 Å². The molecule has 1 aromatic heterocycles. The third-order valence-electron chi connectivity index (χ3n) is 4.67. The molecule has 1 aromatic carbocycles. The minimum absolute atomic E-state index is 0.0441. The summed E-state index contributed by atoms with van der Waals surface area (Å²) in [5.41, 5.74) is 0.188. The third kappa shape index (κ3) is 4.63. The fourth-order valence-corrected chi connectivity index (χ4v) is 3.35. The molecule has 0 saturated carbocycles. The van der Waals surface area contributed by atoms with Crippen molar-refractivity contribution in [1.29, 1.82) is 0 Å². The van der Waals surface area contributed by atoms with Gasteiger partial charge in [0, 0.05) is 32.3 Å². The van der Waals surface area contributed by atoms with Crippen LogP contribution in [0.25, 0.3) is 0 Å². The first-order chi connectivity index (χ1) is 12.8. The molecule has 3 rings (SSSR count). The number of benzene rings is 1. The van der Waals surface area contributed by atoms with Gasteiger partial charge in [0.25, 0.3) is 5.56 Å². The lowest BCUT2D eigenvalue weighted by Gasteiger charge is -2.32. The average Bonchev–Trinajstić information content (AvgIpc) is 2.63. The zero-order chi connectivity index (χ0) is 19.6. The Labute approximate surface area is 159 Å². The lowest BCUT2D eigenvalue weighted by atomic mass is 9.90. The topological polar surface area (TPSA) is 67.2 Å². The molecule has 0 atom stereocenters. The number of hydrogen-bond donors (Lipinski definition) is 1. The van der Waals surface area contributed by atoms with Gasteiger partial charge in [-0.15, -0.1) is 0 Å². The van der Waals surface area contributed by atoms with Crippen LogP contribution >= 0.6 is 11.6 Å². The molecule has 2 heterocycles. The maximum absolute atomic E-state index is 13.6. The highest BCUT2D eigenvalue weighted by molar-refractivity contribution is 6.31. The van der Waals surface area contributed by atoms with E-state index in [1.165, 1.54) is 25.2 Å². The monoisotopic (exact) mass is 396 g/mol. The van der Waals surface area contributed by atoms with E-state index in [0.717, 1.165) is 10.7 Å². The van der Waals surface area contributed by atoms with Crippen LogP contribution in [-0.4, -0.2) is 33.8 Å². The second kappa shape index (κ2) is 8.04. The number of aromatic nitrogens is 2. The van der Waals surface area contributed by atoms with E-state index in [2.05, 4.69) is 10.4 Å². The number of carbonyl (C=O) groups is 1. The molecule has 6 nitrogen and oxygen atoms in total. The van der Waals surface area contributed by atoms with Gasteiger partial charge in [0.1, 0.15) is 11.6 Å². The maximum atomic E-state index is 13.6. The number of halogens is 3. The Bertz CT molecular complexity index is 911. The number of urea groups is 1. The lowest BCUT2D eigenvalue weighted by molar-refractivity contribution is 0.182. The molecule has 0 spiro atoms. The minimum atomic E-state index is -0.756. The second-order valence-corrected chi connectivity index (χ2v) is 6.98. The third-order valence-corrected chi connectivity index (χ3v) is 5.10. The van der Waals surface area contributed by atoms with Crippen molar-refractivity contribution in [3.05, 3.63) is 56.8 Å². The Hall–Kier alpha value is -2.48. The predicted octanol–water partition coefficient (Wildman–Crippen LogP) is 3.20. The summed E-state index contributed by atoms with van der Waals surface area (Å²) < 4.78 is 28.1. The van der Waals surface area contributed by atoms with Gasteiger partial charge in [-0.25, -0.2) is 18.3 Å². The van der Waals surface area contributed by atoms with Gasteiger partial charge in [-0.2, -0.15) is 5.10 Å². The van der Waals surface area contributed by atoms with E-state index < -0.39 is 11.6 Å². The molecule has 27 heavy (non-hydrogen) atoms. The van der Waals surface area contributed by atoms with Crippen LogP contribution in [0.15, 0.2) is 29.1 Å². The van der Waals surface area contributed by atoms with E-state index in [-0.39, 0.29) is 22.5 Å². The molecule has 0 unspecified atom stereocenters. The summed E-state index contributed by atoms with van der Waals surface area (Å²) >= 11 is 5.93. The smallest absolute Gasteiger partial charge is 0.323 e. The Morgan fingerprint density at radius 1 is 1.30 bits per heavy atom. The summed E-state index contributed by atoms with van der Waals surface area (Å²) in [7, 11) is 1.50. The van der Waals surface area contributed by atoms with E-state index in [4.69, 9.17) is 11.6 Å². The second-order valence-electron chi connectivity index (χ2n) is 6.61. The Morgan fingerprint density at radius 2 is 2.00 bits per heavy atom. The summed E-state index contributed by atoms with van der Waals surface area (Å²) in [4.78, 5) is 25.3. The number of aryl methyl sites for hydroxylation is 1. The van der Waals surface area contributed by atoms with Crippen LogP contribution in [0.5, 0.6) is 0 Å². The van der Waals surface area contributed by atoms with Gasteiger partial charge in [-0.1, -0.05) is 11.6 Å². The number of piperidine rings is 1. The van der Waals surface area contributed by atoms with E-state index in [0.29, 0.717) is 43.7 Å². The molecule has 0 aliphatic carbocycles. The lowest BCUT2D eigenvalue weighted by Crippen LogP contribution is -2.41. The standard InChI is InChI=1S/C18H19ClF2N4O2/c1-24-16(26)3-2-15(23-24)22-18(27)25-6-4-11(5-7-25)8-12-9-13(20)10-14(21)17(12)19/h2-3,9-11H,4-8H2,1H3,(H,22,23,27). The van der Waals surface area contributed by atoms with Gasteiger partial charge in [-0.05, 0) is 42.9 Å². The van der Waals surface area contributed by atoms with Gasteiger partial charge < -0.3 is 4.90 Å². The zero-order valence-corrected chi connectivity index (χ0v) is 15.5. The van der Waals surface area contributed by atoms with Crippen LogP contribution < -0.4 is 10.9 Å². The fraction of sp³-hybridized carbons (Fsp3) is 0.389. The first-order valence-electron chi connectivity index (χ1n) is 8.57. The van der Waals surface area contributed by atoms with Crippen molar-refractivity contribution in [1.82, 2.24) is 14.7 Å². The summed E-state index contributed by atoms with van der Waals surface area (Å²) in [5.74, 6) is -0.920. The van der Waals surface area contributed by atoms with Crippen LogP contribution in [-0.2, 0) is 13.5 Å². The summed E-state index contributed by atoms with van der Waals surface area (Å²) in [5, 5.41) is 6.58. The molecule has 1 N–H and O–H groups in total. The molecule has 0 bridgehead atoms. The molecule has 1 saturated heterocycles. The van der Waals surface area contributed by atoms with Crippen molar-refractivity contribution < 1.29 is 13.6 Å². The largest absolute Gasteiger partial charge is 0.324 e. The predicted molar refractivity (Wildman–Crippen MR) is 97.9 cm³/mol. The van der Waals surface area contributed by atoms with E-state index in [1.807, 2.05) is 0 Å². The van der Waals surface area contributed by atoms with Crippen LogP contribution in [0.1, 0.15) is 18.4 Å². The van der Waals surface area contributed by atoms with Crippen molar-refractivity contribution in [2.45, 2.75) is 19.3 Å². The van der Waals surface area contributed by atoms with Crippen LogP contribution in [0.3, 0.4) is 0 Å². The number of likely N-dealkylation sites (tertiary alicyclic amines) is 1. The quantitative estimate of drug-likeness (QED) is 0.810. The van der Waals surface area contributed by atoms with Gasteiger partial charge in [0.05, 0.1) is 5.02 Å². The number of amides is 2. The minimum Gasteiger partial charge on any atom is -0.324 e. The maximum Gasteiger partial charge on any atom is 0.323 e. The molecular weight excluding hydrogens is 378 g/mol. The fourth-order valence-electron chi connectivity index (χ4n) is 3.17. The normalized spacial score (nSPS) is 15.0. The van der Waals surface area contributed by atoms with Crippen molar-refractivity contribution >= 4 is 23.4 Å². The van der Waals surface area contributed by atoms with Gasteiger partial charge in [0.2, 0.25) is 0 Å². The molecule has 144 valence electrons. The first-order valence-corrected chi connectivity index (χ1v) is 8.95. The highest BCUT2D eigenvalue weighted by atomic mass is 35.5. The number of hydrogen-bond acceptors (Lipinski definition) is 3. The van der Waals surface area contributed by atoms with E-state index in [9.17, 15) is 18.4 Å². The Balaban J connectivity index is 1.56. The van der Waals surface area contributed by atoms with E-state index in [1.54, 1.807) is 4.90 Å². The van der Waals surface area contributed by atoms with Crippen LogP contribution in [0.2, 0.25) is 5.02 Å². The molecule has 1 fully saturated rings. The van der Waals surface area contributed by atoms with Gasteiger partial charge in [0.15, 0.2) is 5.82 Å². The number of nitrogens with one attached hydrogen (secondary N) is 1.